The number of carbonyl (C=O) groups excluding carboxylic acids is 5. The largest absolute Gasteiger partial charge is 0.493 e. The molecule has 5 aromatic rings. The highest BCUT2D eigenvalue weighted by molar-refractivity contribution is 8.77. The molecule has 0 saturated carbocycles. The van der Waals surface area contributed by atoms with Crippen LogP contribution in [0.3, 0.4) is 0 Å². The van der Waals surface area contributed by atoms with E-state index in [4.69, 9.17) is 23.9 Å². The monoisotopic (exact) mass is 1190 g/mol. The minimum Gasteiger partial charge on any atom is -0.493 e. The Kier molecular flexibility index (Phi) is 22.1. The summed E-state index contributed by atoms with van der Waals surface area (Å²) in [4.78, 5) is 71.6. The number of ether oxygens (including phenoxy) is 4. The molecule has 442 valence electrons. The molecule has 0 spiro atoms. The van der Waals surface area contributed by atoms with Crippen LogP contribution in [0.2, 0.25) is 0 Å². The van der Waals surface area contributed by atoms with Crippen molar-refractivity contribution in [3.63, 3.8) is 0 Å². The lowest BCUT2D eigenvalue weighted by Gasteiger charge is -2.23. The lowest BCUT2D eigenvalue weighted by atomic mass is 10.1. The number of benzene rings is 5. The molecule has 2 aliphatic heterocycles. The maximum atomic E-state index is 13.8. The number of aldehydes is 1. The van der Waals surface area contributed by atoms with Crippen molar-refractivity contribution >= 4 is 96.8 Å². The van der Waals surface area contributed by atoms with Crippen LogP contribution in [0.25, 0.3) is 0 Å². The first kappa shape index (κ1) is 63.1. The van der Waals surface area contributed by atoms with E-state index in [1.807, 2.05) is 113 Å². The number of anilines is 4. The van der Waals surface area contributed by atoms with Crippen molar-refractivity contribution in [2.45, 2.75) is 95.1 Å². The maximum Gasteiger partial charge on any atom is 0.276 e. The third-order valence-electron chi connectivity index (χ3n) is 14.4. The third-order valence-corrected chi connectivity index (χ3v) is 18.9. The molecule has 3 atom stereocenters. The number of carbonyl (C=O) groups is 5. The molecule has 5 aromatic carbocycles. The first-order chi connectivity index (χ1) is 39.7. The molecule has 22 heteroatoms. The van der Waals surface area contributed by atoms with Crippen molar-refractivity contribution < 1.29 is 55.9 Å². The summed E-state index contributed by atoms with van der Waals surface area (Å²) in [6.45, 7) is 8.49. The minimum absolute atomic E-state index is 0.0372. The molecule has 4 N–H and O–H groups in total. The molecule has 0 bridgehead atoms. The molecule has 0 fully saturated rings. The zero-order valence-corrected chi connectivity index (χ0v) is 50.5. The number of amides is 4. The molecule has 83 heavy (non-hydrogen) atoms. The van der Waals surface area contributed by atoms with Gasteiger partial charge in [0.05, 0.1) is 32.0 Å². The van der Waals surface area contributed by atoms with Gasteiger partial charge >= 0.3 is 0 Å². The second-order valence-electron chi connectivity index (χ2n) is 20.9. The molecule has 0 saturated heterocycles. The van der Waals surface area contributed by atoms with Crippen molar-refractivity contribution in [3.8, 4) is 23.0 Å². The van der Waals surface area contributed by atoms with E-state index < -0.39 is 31.9 Å². The number of methoxy groups -OCH3 is 2. The van der Waals surface area contributed by atoms with E-state index in [0.717, 1.165) is 76.3 Å². The second kappa shape index (κ2) is 29.1. The van der Waals surface area contributed by atoms with E-state index in [-0.39, 0.29) is 62.9 Å². The van der Waals surface area contributed by atoms with E-state index in [2.05, 4.69) is 40.0 Å². The molecule has 7 rings (SSSR count). The van der Waals surface area contributed by atoms with Gasteiger partial charge in [-0.2, -0.15) is 8.42 Å². The van der Waals surface area contributed by atoms with Gasteiger partial charge in [-0.15, -0.1) is 0 Å². The molecule has 4 amide bonds. The predicted octanol–water partition coefficient (Wildman–Crippen LogP) is 9.10. The number of aliphatic imine (C=N–C) groups is 1. The fourth-order valence-electron chi connectivity index (χ4n) is 9.69. The number of rotatable bonds is 30. The lowest BCUT2D eigenvalue weighted by molar-refractivity contribution is -0.126. The summed E-state index contributed by atoms with van der Waals surface area (Å²) in [5, 5.41) is 7.34. The predicted molar refractivity (Wildman–Crippen MR) is 330 cm³/mol. The van der Waals surface area contributed by atoms with Crippen LogP contribution in [-0.4, -0.2) is 130 Å². The summed E-state index contributed by atoms with van der Waals surface area (Å²) in [6, 6.07) is 29.4. The first-order valence-electron chi connectivity index (χ1n) is 27.1. The zero-order chi connectivity index (χ0) is 59.8. The Balaban J connectivity index is 1.03. The van der Waals surface area contributed by atoms with Crippen molar-refractivity contribution in [1.82, 2.24) is 10.2 Å². The summed E-state index contributed by atoms with van der Waals surface area (Å²) in [6.07, 6.45) is 7.35. The average Bonchev–Trinajstić information content (AvgIpc) is 4.21. The molecule has 2 aliphatic rings. The number of hydrogen-bond acceptors (Lipinski definition) is 16. The fourth-order valence-corrected chi connectivity index (χ4v) is 13.3. The molecular formula is C61H73N7O12S3. The van der Waals surface area contributed by atoms with Gasteiger partial charge in [0.2, 0.25) is 24.1 Å². The van der Waals surface area contributed by atoms with Crippen molar-refractivity contribution in [2.75, 3.05) is 74.1 Å². The van der Waals surface area contributed by atoms with Gasteiger partial charge in [0.15, 0.2) is 28.2 Å². The number of aryl methyl sites for hydroxylation is 2. The summed E-state index contributed by atoms with van der Waals surface area (Å²) in [5.41, 5.74) is 9.83. The molecule has 0 aliphatic carbocycles. The third kappa shape index (κ3) is 17.3. The van der Waals surface area contributed by atoms with Gasteiger partial charge in [0, 0.05) is 97.8 Å². The Morgan fingerprint density at radius 3 is 2.14 bits per heavy atom. The van der Waals surface area contributed by atoms with Crippen LogP contribution in [0, 0.1) is 13.8 Å². The van der Waals surface area contributed by atoms with Crippen LogP contribution < -0.4 is 44.7 Å². The number of fused-ring (bicyclic) bond motifs is 2. The van der Waals surface area contributed by atoms with Crippen LogP contribution in [-0.2, 0) is 60.1 Å². The lowest BCUT2D eigenvalue weighted by Crippen LogP contribution is -2.43. The van der Waals surface area contributed by atoms with Crippen molar-refractivity contribution in [1.29, 1.82) is 0 Å². The number of hydrogen-bond donors (Lipinski definition) is 4. The Hall–Kier alpha value is -7.53. The topological polar surface area (TPSA) is 235 Å². The van der Waals surface area contributed by atoms with E-state index in [1.54, 1.807) is 19.1 Å². The highest BCUT2D eigenvalue weighted by Gasteiger charge is 2.32. The number of nitrogens with one attached hydrogen (secondary N) is 3. The molecule has 2 unspecified atom stereocenters. The van der Waals surface area contributed by atoms with Gasteiger partial charge in [0.1, 0.15) is 19.5 Å². The number of allylic oxidation sites excluding steroid dienone is 1. The van der Waals surface area contributed by atoms with Gasteiger partial charge in [-0.1, -0.05) is 58.0 Å². The standard InChI is InChI=1S/C61H73N7O12S3/c1-40-26-53(77-7)55(33-49(40)63-35-47-31-44-14-9-11-16-51(44)67(47)6)79-37-42-28-43(38-80-56-34-50(41(2)27-54(56)78-8)64-36-48-32-45-15-10-12-17-52(45)68(48)39-70)30-46(29-42)65-58(71)19-21-61(3,4)82-81-25-20-57(83(74,75)76)60(73)62-22-23-66(5)59(72)18-13-24-69/h9-18,24,26-30,33-35,39,47-48,57,64H,19-23,25,31-32,36-38H2,1-8H3,(H,62,73)(H,65,71)(H,74,75,76)/b18-13-,63-35?/t47?,48-,57?/m0/s1. The van der Waals surface area contributed by atoms with Gasteiger partial charge in [-0.25, -0.2) is 0 Å². The molecule has 0 radical (unpaired) electrons. The van der Waals surface area contributed by atoms with Gasteiger partial charge in [-0.05, 0) is 135 Å². The molecular weight excluding hydrogens is 1120 g/mol. The summed E-state index contributed by atoms with van der Waals surface area (Å²) >= 11 is 0. The fraction of sp³-hybridized carbons (Fsp3) is 0.377. The van der Waals surface area contributed by atoms with E-state index >= 15 is 0 Å². The Bertz CT molecular complexity index is 3320. The zero-order valence-electron chi connectivity index (χ0n) is 48.0. The average molecular weight is 1190 g/mol. The van der Waals surface area contributed by atoms with Crippen LogP contribution in [0.4, 0.5) is 28.4 Å². The molecule has 2 heterocycles. The Labute approximate surface area is 494 Å². The quantitative estimate of drug-likeness (QED) is 0.00838. The first-order valence-corrected chi connectivity index (χ1v) is 30.9. The van der Waals surface area contributed by atoms with Crippen molar-refractivity contribution in [2.24, 2.45) is 4.99 Å². The maximum absolute atomic E-state index is 13.8. The van der Waals surface area contributed by atoms with Gasteiger partial charge in [0.25, 0.3) is 10.1 Å². The van der Waals surface area contributed by atoms with E-state index in [9.17, 15) is 36.9 Å². The van der Waals surface area contributed by atoms with Crippen LogP contribution in [0.5, 0.6) is 23.0 Å². The van der Waals surface area contributed by atoms with Crippen molar-refractivity contribution in [3.05, 3.63) is 137 Å². The number of likely N-dealkylation sites (N-methyl/N-ethyl adjacent to an activating group) is 2. The highest BCUT2D eigenvalue weighted by Crippen LogP contribution is 2.41. The SMILES string of the molecule is COc1cc(C)c(N=CC2Cc3ccccc3N2C)cc1OCc1cc(COc2cc(NC[C@@H]3Cc4ccccc4N3C=O)c(C)cc2OC)cc(NC(=O)CCC(C)(C)SSCCC(C(=O)NCCN(C)C(=O)/C=C\C=O)S(=O)(=O)O)c1. The molecule has 19 nitrogen and oxygen atoms in total. The van der Waals surface area contributed by atoms with Gasteiger partial charge < -0.3 is 49.6 Å². The summed E-state index contributed by atoms with van der Waals surface area (Å²) in [7, 11) is 4.68. The van der Waals surface area contributed by atoms with Crippen LogP contribution in [0.15, 0.2) is 108 Å². The van der Waals surface area contributed by atoms with E-state index in [1.165, 1.54) is 44.8 Å². The Morgan fingerprint density at radius 2 is 1.51 bits per heavy atom. The van der Waals surface area contributed by atoms with Gasteiger partial charge in [-0.3, -0.25) is 33.5 Å². The number of nitrogens with zero attached hydrogens (tertiary/aromatic N) is 4. The normalized spacial score (nSPS) is 15.1. The number of para-hydroxylation sites is 2. The summed E-state index contributed by atoms with van der Waals surface area (Å²) in [5.74, 6) is 0.575. The molecule has 0 aromatic heterocycles. The second-order valence-corrected chi connectivity index (χ2v) is 25.7. The van der Waals surface area contributed by atoms with Crippen LogP contribution >= 0.6 is 21.6 Å². The minimum atomic E-state index is -4.76. The Morgan fingerprint density at radius 1 is 0.867 bits per heavy atom. The smallest absolute Gasteiger partial charge is 0.276 e. The van der Waals surface area contributed by atoms with Crippen LogP contribution in [0.1, 0.15) is 66.5 Å². The highest BCUT2D eigenvalue weighted by atomic mass is 33.1. The summed E-state index contributed by atoms with van der Waals surface area (Å²) < 4.78 is 58.5. The van der Waals surface area contributed by atoms with E-state index in [0.29, 0.717) is 47.9 Å².